The van der Waals surface area contributed by atoms with Crippen molar-refractivity contribution >= 4 is 0 Å². The average Bonchev–Trinajstić information content (AvgIpc) is 2.52. The fourth-order valence-electron chi connectivity index (χ4n) is 2.14. The molecule has 0 atom stereocenters. The molecule has 0 saturated carbocycles. The second kappa shape index (κ2) is 5.60. The predicted octanol–water partition coefficient (Wildman–Crippen LogP) is 4.10. The normalized spacial score (nSPS) is 10.7. The number of pyridine rings is 1. The van der Waals surface area contributed by atoms with Gasteiger partial charge in [0.25, 0.3) is 0 Å². The van der Waals surface area contributed by atoms with Gasteiger partial charge in [0.2, 0.25) is 0 Å². The summed E-state index contributed by atoms with van der Waals surface area (Å²) in [6, 6.07) is 9.83. The van der Waals surface area contributed by atoms with E-state index in [1.165, 1.54) is 18.3 Å². The lowest BCUT2D eigenvalue weighted by Gasteiger charge is -2.08. The van der Waals surface area contributed by atoms with Crippen LogP contribution in [0.4, 0.5) is 8.78 Å². The third kappa shape index (κ3) is 2.57. The van der Waals surface area contributed by atoms with Crippen LogP contribution in [-0.2, 0) is 0 Å². The lowest BCUT2D eigenvalue weighted by atomic mass is 10.0. The Bertz CT molecular complexity index is 742. The quantitative estimate of drug-likeness (QED) is 0.715. The fourth-order valence-corrected chi connectivity index (χ4v) is 2.14. The van der Waals surface area contributed by atoms with Crippen LogP contribution in [0.3, 0.4) is 0 Å². The van der Waals surface area contributed by atoms with Gasteiger partial charge < -0.3 is 0 Å². The molecule has 0 aliphatic carbocycles. The van der Waals surface area contributed by atoms with E-state index in [4.69, 9.17) is 0 Å². The monoisotopic (exact) mass is 297 g/mol. The maximum Gasteiger partial charge on any atom is 0.168 e. The summed E-state index contributed by atoms with van der Waals surface area (Å²) in [7, 11) is 0. The summed E-state index contributed by atoms with van der Waals surface area (Å²) in [5, 5.41) is 7.76. The van der Waals surface area contributed by atoms with E-state index >= 15 is 0 Å². The molecule has 0 saturated heterocycles. The standard InChI is InChI=1S/C17H13F2N3/c1-10-3-5-12(9-20-10)13-6-7-14(17(19)16(13)18)15-8-4-11(2)21-22-15/h3-9H,1-2H3. The summed E-state index contributed by atoms with van der Waals surface area (Å²) >= 11 is 0. The number of rotatable bonds is 2. The van der Waals surface area contributed by atoms with Gasteiger partial charge >= 0.3 is 0 Å². The molecule has 5 heteroatoms. The Hall–Kier alpha value is -2.69. The number of hydrogen-bond acceptors (Lipinski definition) is 3. The molecule has 0 aliphatic heterocycles. The molecule has 2 aromatic heterocycles. The van der Waals surface area contributed by atoms with E-state index in [1.807, 2.05) is 6.92 Å². The molecule has 0 radical (unpaired) electrons. The van der Waals surface area contributed by atoms with Crippen LogP contribution in [0.25, 0.3) is 22.4 Å². The average molecular weight is 297 g/mol. The second-order valence-electron chi connectivity index (χ2n) is 5.04. The van der Waals surface area contributed by atoms with Gasteiger partial charge in [0, 0.05) is 28.6 Å². The molecule has 0 aliphatic rings. The number of benzene rings is 1. The van der Waals surface area contributed by atoms with E-state index in [-0.39, 0.29) is 11.1 Å². The Balaban J connectivity index is 2.08. The minimum Gasteiger partial charge on any atom is -0.261 e. The topological polar surface area (TPSA) is 38.7 Å². The third-order valence-corrected chi connectivity index (χ3v) is 3.38. The first-order valence-electron chi connectivity index (χ1n) is 6.78. The smallest absolute Gasteiger partial charge is 0.168 e. The van der Waals surface area contributed by atoms with Crippen molar-refractivity contribution in [2.75, 3.05) is 0 Å². The highest BCUT2D eigenvalue weighted by molar-refractivity contribution is 5.69. The molecule has 0 N–H and O–H groups in total. The number of hydrogen-bond donors (Lipinski definition) is 0. The van der Waals surface area contributed by atoms with Gasteiger partial charge in [-0.25, -0.2) is 8.78 Å². The highest BCUT2D eigenvalue weighted by atomic mass is 19.2. The Morgan fingerprint density at radius 3 is 2.05 bits per heavy atom. The van der Waals surface area contributed by atoms with Gasteiger partial charge in [-0.2, -0.15) is 10.2 Å². The zero-order valence-electron chi connectivity index (χ0n) is 12.1. The van der Waals surface area contributed by atoms with Gasteiger partial charge in [-0.1, -0.05) is 12.1 Å². The zero-order chi connectivity index (χ0) is 15.7. The summed E-state index contributed by atoms with van der Waals surface area (Å²) in [6.07, 6.45) is 1.53. The van der Waals surface area contributed by atoms with E-state index in [2.05, 4.69) is 15.2 Å². The number of aromatic nitrogens is 3. The van der Waals surface area contributed by atoms with Crippen molar-refractivity contribution in [3.8, 4) is 22.4 Å². The van der Waals surface area contributed by atoms with E-state index in [9.17, 15) is 8.78 Å². The molecule has 2 heterocycles. The lowest BCUT2D eigenvalue weighted by molar-refractivity contribution is 0.513. The first-order valence-corrected chi connectivity index (χ1v) is 6.78. The summed E-state index contributed by atoms with van der Waals surface area (Å²) < 4.78 is 28.7. The molecule has 3 rings (SSSR count). The Morgan fingerprint density at radius 2 is 1.41 bits per heavy atom. The molecular formula is C17H13F2N3. The van der Waals surface area contributed by atoms with Crippen molar-refractivity contribution in [3.63, 3.8) is 0 Å². The van der Waals surface area contributed by atoms with Crippen LogP contribution >= 0.6 is 0 Å². The molecule has 110 valence electrons. The number of aryl methyl sites for hydroxylation is 2. The van der Waals surface area contributed by atoms with Crippen molar-refractivity contribution in [2.45, 2.75) is 13.8 Å². The molecule has 3 nitrogen and oxygen atoms in total. The number of halogens is 2. The van der Waals surface area contributed by atoms with Crippen LogP contribution in [0.15, 0.2) is 42.6 Å². The minimum atomic E-state index is -0.934. The van der Waals surface area contributed by atoms with Crippen molar-refractivity contribution in [2.24, 2.45) is 0 Å². The van der Waals surface area contributed by atoms with Crippen molar-refractivity contribution in [1.82, 2.24) is 15.2 Å². The maximum atomic E-state index is 14.4. The Kier molecular flexibility index (Phi) is 3.63. The highest BCUT2D eigenvalue weighted by Gasteiger charge is 2.17. The van der Waals surface area contributed by atoms with Crippen molar-refractivity contribution < 1.29 is 8.78 Å². The van der Waals surface area contributed by atoms with Crippen LogP contribution < -0.4 is 0 Å². The van der Waals surface area contributed by atoms with E-state index in [0.717, 1.165) is 5.69 Å². The van der Waals surface area contributed by atoms with E-state index in [1.54, 1.807) is 31.2 Å². The second-order valence-corrected chi connectivity index (χ2v) is 5.04. The summed E-state index contributed by atoms with van der Waals surface area (Å²) in [4.78, 5) is 4.11. The Morgan fingerprint density at radius 1 is 0.727 bits per heavy atom. The Labute approximate surface area is 126 Å². The van der Waals surface area contributed by atoms with Crippen LogP contribution in [-0.4, -0.2) is 15.2 Å². The molecule has 0 unspecified atom stereocenters. The highest BCUT2D eigenvalue weighted by Crippen LogP contribution is 2.30. The molecule has 0 fully saturated rings. The summed E-state index contributed by atoms with van der Waals surface area (Å²) in [6.45, 7) is 3.61. The molecule has 1 aromatic carbocycles. The van der Waals surface area contributed by atoms with Crippen LogP contribution in [0.1, 0.15) is 11.4 Å². The summed E-state index contributed by atoms with van der Waals surface area (Å²) in [5.41, 5.74) is 2.63. The summed E-state index contributed by atoms with van der Waals surface area (Å²) in [5.74, 6) is -1.85. The molecule has 0 bridgehead atoms. The maximum absolute atomic E-state index is 14.4. The van der Waals surface area contributed by atoms with Gasteiger partial charge in [0.15, 0.2) is 11.6 Å². The largest absolute Gasteiger partial charge is 0.261 e. The van der Waals surface area contributed by atoms with Gasteiger partial charge in [-0.05, 0) is 38.1 Å². The van der Waals surface area contributed by atoms with Crippen LogP contribution in [0.5, 0.6) is 0 Å². The first kappa shape index (κ1) is 14.3. The predicted molar refractivity (Wildman–Crippen MR) is 80.1 cm³/mol. The molecule has 0 amide bonds. The SMILES string of the molecule is Cc1ccc(-c2ccc(-c3ccc(C)nn3)c(F)c2F)cn1. The fraction of sp³-hybridized carbons (Fsp3) is 0.118. The molecule has 22 heavy (non-hydrogen) atoms. The van der Waals surface area contributed by atoms with E-state index in [0.29, 0.717) is 17.0 Å². The third-order valence-electron chi connectivity index (χ3n) is 3.38. The van der Waals surface area contributed by atoms with Crippen LogP contribution in [0.2, 0.25) is 0 Å². The van der Waals surface area contributed by atoms with Gasteiger partial charge in [-0.15, -0.1) is 0 Å². The molecule has 3 aromatic rings. The minimum absolute atomic E-state index is 0.0915. The van der Waals surface area contributed by atoms with Crippen molar-refractivity contribution in [3.05, 3.63) is 65.6 Å². The van der Waals surface area contributed by atoms with Gasteiger partial charge in [0.1, 0.15) is 0 Å². The lowest BCUT2D eigenvalue weighted by Crippen LogP contribution is -1.97. The van der Waals surface area contributed by atoms with Crippen LogP contribution in [0, 0.1) is 25.5 Å². The van der Waals surface area contributed by atoms with Crippen molar-refractivity contribution in [1.29, 1.82) is 0 Å². The van der Waals surface area contributed by atoms with Gasteiger partial charge in [-0.3, -0.25) is 4.98 Å². The first-order chi connectivity index (χ1) is 10.6. The molecular weight excluding hydrogens is 284 g/mol. The molecule has 0 spiro atoms. The number of nitrogens with zero attached hydrogens (tertiary/aromatic N) is 3. The van der Waals surface area contributed by atoms with Gasteiger partial charge in [0.05, 0.1) is 11.4 Å². The zero-order valence-corrected chi connectivity index (χ0v) is 12.1. The van der Waals surface area contributed by atoms with E-state index < -0.39 is 11.6 Å².